The van der Waals surface area contributed by atoms with Crippen LogP contribution < -0.4 is 10.1 Å². The first-order valence-corrected chi connectivity index (χ1v) is 5.46. The van der Waals surface area contributed by atoms with Gasteiger partial charge in [-0.2, -0.15) is 10.1 Å². The Morgan fingerprint density at radius 2 is 2.39 bits per heavy atom. The van der Waals surface area contributed by atoms with Crippen LogP contribution in [0.15, 0.2) is 24.7 Å². The van der Waals surface area contributed by atoms with E-state index in [2.05, 4.69) is 20.4 Å². The van der Waals surface area contributed by atoms with Gasteiger partial charge in [-0.05, 0) is 0 Å². The fraction of sp³-hybridized carbons (Fsp3) is 0.364. The molecule has 0 saturated carbocycles. The Hall–Kier alpha value is -2.15. The Balaban J connectivity index is 1.94. The Morgan fingerprint density at radius 3 is 3.06 bits per heavy atom. The van der Waals surface area contributed by atoms with Crippen LogP contribution in [0, 0.1) is 0 Å². The summed E-state index contributed by atoms with van der Waals surface area (Å²) >= 11 is 0. The van der Waals surface area contributed by atoms with Crippen molar-refractivity contribution in [3.8, 4) is 5.88 Å². The van der Waals surface area contributed by atoms with Crippen molar-refractivity contribution >= 4 is 5.95 Å². The van der Waals surface area contributed by atoms with Crippen LogP contribution in [-0.2, 0) is 7.05 Å². The monoisotopic (exact) mass is 249 g/mol. The van der Waals surface area contributed by atoms with E-state index < -0.39 is 6.10 Å². The lowest BCUT2D eigenvalue weighted by atomic mass is 10.2. The van der Waals surface area contributed by atoms with Gasteiger partial charge in [-0.15, -0.1) is 0 Å². The molecule has 0 aliphatic carbocycles. The zero-order chi connectivity index (χ0) is 13.0. The minimum Gasteiger partial charge on any atom is -0.481 e. The number of aliphatic hydroxyl groups excluding tert-OH is 1. The number of aliphatic hydroxyl groups is 1. The summed E-state index contributed by atoms with van der Waals surface area (Å²) in [7, 11) is 3.34. The van der Waals surface area contributed by atoms with E-state index in [4.69, 9.17) is 4.74 Å². The molecule has 2 N–H and O–H groups in total. The van der Waals surface area contributed by atoms with Crippen molar-refractivity contribution in [1.82, 2.24) is 19.7 Å². The van der Waals surface area contributed by atoms with E-state index in [1.807, 2.05) is 0 Å². The van der Waals surface area contributed by atoms with E-state index in [9.17, 15) is 5.11 Å². The molecule has 0 radical (unpaired) electrons. The maximum Gasteiger partial charge on any atom is 0.226 e. The summed E-state index contributed by atoms with van der Waals surface area (Å²) in [5, 5.41) is 16.9. The van der Waals surface area contributed by atoms with Crippen molar-refractivity contribution in [3.05, 3.63) is 30.2 Å². The molecule has 0 spiro atoms. The third kappa shape index (κ3) is 2.95. The van der Waals surface area contributed by atoms with Crippen molar-refractivity contribution in [2.24, 2.45) is 7.05 Å². The van der Waals surface area contributed by atoms with E-state index in [0.717, 1.165) is 5.56 Å². The van der Waals surface area contributed by atoms with E-state index in [0.29, 0.717) is 18.4 Å². The van der Waals surface area contributed by atoms with Gasteiger partial charge in [0.1, 0.15) is 0 Å². The number of rotatable bonds is 5. The molecule has 0 fully saturated rings. The molecule has 2 rings (SSSR count). The van der Waals surface area contributed by atoms with Gasteiger partial charge >= 0.3 is 0 Å². The normalized spacial score (nSPS) is 12.2. The van der Waals surface area contributed by atoms with Crippen molar-refractivity contribution in [2.75, 3.05) is 19.0 Å². The van der Waals surface area contributed by atoms with Crippen LogP contribution >= 0.6 is 0 Å². The number of aryl methyl sites for hydroxylation is 1. The SMILES string of the molecule is COc1ccnc(NCC(O)c2cnn(C)c2)n1. The molecular formula is C11H15N5O2. The van der Waals surface area contributed by atoms with Crippen LogP contribution in [0.4, 0.5) is 5.95 Å². The molecule has 1 atom stereocenters. The smallest absolute Gasteiger partial charge is 0.226 e. The largest absolute Gasteiger partial charge is 0.481 e. The molecule has 7 heteroatoms. The quantitative estimate of drug-likeness (QED) is 0.796. The molecule has 0 bridgehead atoms. The summed E-state index contributed by atoms with van der Waals surface area (Å²) in [5.41, 5.74) is 0.743. The topological polar surface area (TPSA) is 85.1 Å². The maximum atomic E-state index is 9.92. The zero-order valence-corrected chi connectivity index (χ0v) is 10.2. The van der Waals surface area contributed by atoms with E-state index in [1.165, 1.54) is 7.11 Å². The summed E-state index contributed by atoms with van der Waals surface area (Å²) < 4.78 is 6.62. The number of anilines is 1. The molecule has 0 aliphatic heterocycles. The van der Waals surface area contributed by atoms with Crippen LogP contribution in [0.2, 0.25) is 0 Å². The number of ether oxygens (including phenoxy) is 1. The van der Waals surface area contributed by atoms with Crippen molar-refractivity contribution < 1.29 is 9.84 Å². The average Bonchev–Trinajstić information content (AvgIpc) is 2.83. The number of nitrogens with one attached hydrogen (secondary N) is 1. The molecular weight excluding hydrogens is 234 g/mol. The molecule has 18 heavy (non-hydrogen) atoms. The predicted molar refractivity (Wildman–Crippen MR) is 65.2 cm³/mol. The Bertz CT molecular complexity index is 514. The first kappa shape index (κ1) is 12.3. The van der Waals surface area contributed by atoms with E-state index in [-0.39, 0.29) is 0 Å². The van der Waals surface area contributed by atoms with Gasteiger partial charge in [0.05, 0.1) is 19.4 Å². The third-order valence-electron chi connectivity index (χ3n) is 2.40. The highest BCUT2D eigenvalue weighted by molar-refractivity contribution is 5.28. The number of hydrogen-bond acceptors (Lipinski definition) is 6. The van der Waals surface area contributed by atoms with Crippen LogP contribution in [0.25, 0.3) is 0 Å². The summed E-state index contributed by atoms with van der Waals surface area (Å²) in [6, 6.07) is 1.66. The highest BCUT2D eigenvalue weighted by Crippen LogP contribution is 2.12. The fourth-order valence-corrected chi connectivity index (χ4v) is 1.46. The van der Waals surface area contributed by atoms with Gasteiger partial charge in [0.2, 0.25) is 11.8 Å². The van der Waals surface area contributed by atoms with Crippen LogP contribution in [0.1, 0.15) is 11.7 Å². The van der Waals surface area contributed by atoms with Gasteiger partial charge in [-0.25, -0.2) is 4.98 Å². The fourth-order valence-electron chi connectivity index (χ4n) is 1.46. The summed E-state index contributed by atoms with van der Waals surface area (Å²) in [6.45, 7) is 0.304. The second-order valence-electron chi connectivity index (χ2n) is 3.77. The van der Waals surface area contributed by atoms with Crippen molar-refractivity contribution in [2.45, 2.75) is 6.10 Å². The number of aromatic nitrogens is 4. The molecule has 0 amide bonds. The Morgan fingerprint density at radius 1 is 1.56 bits per heavy atom. The molecule has 2 heterocycles. The van der Waals surface area contributed by atoms with Crippen molar-refractivity contribution in [3.63, 3.8) is 0 Å². The first-order chi connectivity index (χ1) is 8.69. The van der Waals surface area contributed by atoms with Crippen LogP contribution in [0.5, 0.6) is 5.88 Å². The summed E-state index contributed by atoms with van der Waals surface area (Å²) in [6.07, 6.45) is 4.32. The summed E-state index contributed by atoms with van der Waals surface area (Å²) in [4.78, 5) is 8.11. The second kappa shape index (κ2) is 5.46. The Labute approximate surface area is 104 Å². The lowest BCUT2D eigenvalue weighted by Gasteiger charge is -2.10. The van der Waals surface area contributed by atoms with Crippen LogP contribution in [0.3, 0.4) is 0 Å². The van der Waals surface area contributed by atoms with Crippen LogP contribution in [-0.4, -0.2) is 38.5 Å². The standard InChI is InChI=1S/C11H15N5O2/c1-16-7-8(5-14-16)9(17)6-13-11-12-4-3-10(15-11)18-2/h3-5,7,9,17H,6H2,1-2H3,(H,12,13,15). The molecule has 2 aromatic rings. The second-order valence-corrected chi connectivity index (χ2v) is 3.77. The first-order valence-electron chi connectivity index (χ1n) is 5.46. The zero-order valence-electron chi connectivity index (χ0n) is 10.2. The molecule has 0 aliphatic rings. The Kier molecular flexibility index (Phi) is 3.73. The lowest BCUT2D eigenvalue weighted by Crippen LogP contribution is -2.13. The van der Waals surface area contributed by atoms with Gasteiger partial charge in [0.15, 0.2) is 0 Å². The summed E-state index contributed by atoms with van der Waals surface area (Å²) in [5.74, 6) is 0.889. The lowest BCUT2D eigenvalue weighted by molar-refractivity contribution is 0.191. The number of methoxy groups -OCH3 is 1. The molecule has 0 aromatic carbocycles. The molecule has 96 valence electrons. The highest BCUT2D eigenvalue weighted by Gasteiger charge is 2.10. The predicted octanol–water partition coefficient (Wildman–Crippen LogP) is 0.364. The molecule has 7 nitrogen and oxygen atoms in total. The van der Waals surface area contributed by atoms with E-state index in [1.54, 1.807) is 36.4 Å². The third-order valence-corrected chi connectivity index (χ3v) is 2.40. The number of hydrogen-bond donors (Lipinski definition) is 2. The molecule has 2 aromatic heterocycles. The molecule has 0 saturated heterocycles. The van der Waals surface area contributed by atoms with Crippen molar-refractivity contribution in [1.29, 1.82) is 0 Å². The maximum absolute atomic E-state index is 9.92. The average molecular weight is 249 g/mol. The minimum atomic E-state index is -0.659. The van der Waals surface area contributed by atoms with Gasteiger partial charge < -0.3 is 15.2 Å². The van der Waals surface area contributed by atoms with Gasteiger partial charge in [0.25, 0.3) is 0 Å². The number of nitrogens with zero attached hydrogens (tertiary/aromatic N) is 4. The highest BCUT2D eigenvalue weighted by atomic mass is 16.5. The van der Waals surface area contributed by atoms with E-state index >= 15 is 0 Å². The molecule has 1 unspecified atom stereocenters. The van der Waals surface area contributed by atoms with Gasteiger partial charge in [-0.1, -0.05) is 0 Å². The van der Waals surface area contributed by atoms with Gasteiger partial charge in [0, 0.05) is 37.6 Å². The minimum absolute atomic E-state index is 0.304. The van der Waals surface area contributed by atoms with Gasteiger partial charge in [-0.3, -0.25) is 4.68 Å².